The molecule has 0 saturated heterocycles. The number of anilines is 3. The Morgan fingerprint density at radius 2 is 1.88 bits per heavy atom. The lowest BCUT2D eigenvalue weighted by Gasteiger charge is -2.07. The largest absolute Gasteiger partial charge is 0.420 e. The highest BCUT2D eigenvalue weighted by Gasteiger charge is 2.16. The van der Waals surface area contributed by atoms with Gasteiger partial charge < -0.3 is 10.1 Å². The van der Waals surface area contributed by atoms with Crippen LogP contribution in [0, 0.1) is 25.5 Å². The molecule has 0 spiro atoms. The zero-order valence-corrected chi connectivity index (χ0v) is 14.7. The molecule has 1 aromatic carbocycles. The zero-order valence-electron chi connectivity index (χ0n) is 13.1. The summed E-state index contributed by atoms with van der Waals surface area (Å²) in [5.74, 6) is -1.43. The van der Waals surface area contributed by atoms with Crippen molar-refractivity contribution < 1.29 is 18.3 Å². The Hall–Kier alpha value is -2.59. The number of aromatic nitrogens is 2. The van der Waals surface area contributed by atoms with Crippen molar-refractivity contribution in [3.63, 3.8) is 0 Å². The van der Waals surface area contributed by atoms with Crippen LogP contribution in [0.15, 0.2) is 23.6 Å². The standard InChI is InChI=1S/C15H12F2N4O2S2/c1-7-6-24-14(18-7)21-15(22)23-12-13(25-8(2)19-12)20-11-4-9(16)3-10(17)5-11/h3-6,20H,1-2H3,(H,18,21,22). The minimum atomic E-state index is -0.756. The average Bonchev–Trinajstić information content (AvgIpc) is 3.04. The number of amides is 1. The molecular formula is C15H12F2N4O2S2. The van der Waals surface area contributed by atoms with Gasteiger partial charge in [0.15, 0.2) is 10.1 Å². The summed E-state index contributed by atoms with van der Waals surface area (Å²) in [6.45, 7) is 3.52. The number of rotatable bonds is 4. The van der Waals surface area contributed by atoms with Gasteiger partial charge in [-0.15, -0.1) is 11.3 Å². The molecule has 0 aliphatic heterocycles. The van der Waals surface area contributed by atoms with Crippen molar-refractivity contribution in [3.8, 4) is 5.88 Å². The van der Waals surface area contributed by atoms with Crippen molar-refractivity contribution >= 4 is 44.6 Å². The van der Waals surface area contributed by atoms with Gasteiger partial charge in [0, 0.05) is 17.1 Å². The number of thiazole rings is 2. The normalized spacial score (nSPS) is 10.6. The molecule has 2 heterocycles. The minimum Gasteiger partial charge on any atom is -0.388 e. The Morgan fingerprint density at radius 3 is 2.52 bits per heavy atom. The van der Waals surface area contributed by atoms with Gasteiger partial charge in [-0.05, 0) is 26.0 Å². The Morgan fingerprint density at radius 1 is 1.16 bits per heavy atom. The average molecular weight is 382 g/mol. The molecule has 0 bridgehead atoms. The minimum absolute atomic E-state index is 0.0120. The lowest BCUT2D eigenvalue weighted by molar-refractivity contribution is 0.214. The van der Waals surface area contributed by atoms with E-state index in [0.717, 1.165) is 23.9 Å². The molecule has 0 radical (unpaired) electrons. The predicted molar refractivity (Wildman–Crippen MR) is 93.0 cm³/mol. The molecular weight excluding hydrogens is 370 g/mol. The predicted octanol–water partition coefficient (Wildman–Crippen LogP) is 4.85. The van der Waals surface area contributed by atoms with Crippen LogP contribution in [-0.2, 0) is 0 Å². The summed E-state index contributed by atoms with van der Waals surface area (Å²) in [5.41, 5.74) is 0.960. The van der Waals surface area contributed by atoms with Gasteiger partial charge >= 0.3 is 6.09 Å². The Kier molecular flexibility index (Phi) is 4.91. The van der Waals surface area contributed by atoms with Gasteiger partial charge in [-0.3, -0.25) is 5.32 Å². The first-order chi connectivity index (χ1) is 11.9. The number of carbonyl (C=O) groups is 1. The van der Waals surface area contributed by atoms with E-state index in [4.69, 9.17) is 4.74 Å². The number of carbonyl (C=O) groups excluding carboxylic acids is 1. The number of aryl methyl sites for hydroxylation is 2. The summed E-state index contributed by atoms with van der Waals surface area (Å²) in [7, 11) is 0. The SMILES string of the molecule is Cc1csc(NC(=O)Oc2nc(C)sc2Nc2cc(F)cc(F)c2)n1. The number of nitrogens with one attached hydrogen (secondary N) is 2. The van der Waals surface area contributed by atoms with Gasteiger partial charge in [-0.25, -0.2) is 23.5 Å². The first-order valence-electron chi connectivity index (χ1n) is 7.00. The van der Waals surface area contributed by atoms with E-state index in [2.05, 4.69) is 20.6 Å². The van der Waals surface area contributed by atoms with E-state index < -0.39 is 17.7 Å². The molecule has 0 aliphatic rings. The molecule has 0 saturated carbocycles. The van der Waals surface area contributed by atoms with Crippen LogP contribution in [0.3, 0.4) is 0 Å². The van der Waals surface area contributed by atoms with Crippen molar-refractivity contribution in [2.24, 2.45) is 0 Å². The van der Waals surface area contributed by atoms with Crippen molar-refractivity contribution in [1.82, 2.24) is 9.97 Å². The molecule has 0 unspecified atom stereocenters. The van der Waals surface area contributed by atoms with Crippen molar-refractivity contribution in [2.75, 3.05) is 10.6 Å². The van der Waals surface area contributed by atoms with Crippen LogP contribution in [0.2, 0.25) is 0 Å². The monoisotopic (exact) mass is 382 g/mol. The van der Waals surface area contributed by atoms with Gasteiger partial charge in [-0.1, -0.05) is 11.3 Å². The fourth-order valence-electron chi connectivity index (χ4n) is 1.93. The van der Waals surface area contributed by atoms with Crippen LogP contribution in [0.25, 0.3) is 0 Å². The highest BCUT2D eigenvalue weighted by Crippen LogP contribution is 2.34. The van der Waals surface area contributed by atoms with E-state index in [1.807, 2.05) is 0 Å². The second-order valence-corrected chi connectivity index (χ2v) is 7.02. The topological polar surface area (TPSA) is 76.1 Å². The fourth-order valence-corrected chi connectivity index (χ4v) is 3.37. The molecule has 2 N–H and O–H groups in total. The number of hydrogen-bond donors (Lipinski definition) is 2. The van der Waals surface area contributed by atoms with Crippen molar-refractivity contribution in [2.45, 2.75) is 13.8 Å². The van der Waals surface area contributed by atoms with Gasteiger partial charge in [-0.2, -0.15) is 0 Å². The number of benzene rings is 1. The van der Waals surface area contributed by atoms with E-state index in [9.17, 15) is 13.6 Å². The van der Waals surface area contributed by atoms with E-state index in [1.54, 1.807) is 19.2 Å². The molecule has 6 nitrogen and oxygen atoms in total. The lowest BCUT2D eigenvalue weighted by atomic mass is 10.3. The van der Waals surface area contributed by atoms with E-state index in [1.165, 1.54) is 22.7 Å². The van der Waals surface area contributed by atoms with Gasteiger partial charge in [0.05, 0.1) is 10.7 Å². The summed E-state index contributed by atoms with van der Waals surface area (Å²) in [4.78, 5) is 20.2. The Bertz CT molecular complexity index is 906. The second kappa shape index (κ2) is 7.11. The summed E-state index contributed by atoms with van der Waals surface area (Å²) in [5, 5.41) is 8.46. The number of hydrogen-bond acceptors (Lipinski definition) is 7. The summed E-state index contributed by atoms with van der Waals surface area (Å²) < 4.78 is 31.8. The summed E-state index contributed by atoms with van der Waals surface area (Å²) in [6, 6.07) is 3.02. The van der Waals surface area contributed by atoms with Gasteiger partial charge in [0.25, 0.3) is 5.88 Å². The molecule has 2 aromatic heterocycles. The van der Waals surface area contributed by atoms with E-state index >= 15 is 0 Å². The molecule has 3 rings (SSSR count). The number of ether oxygens (including phenoxy) is 1. The molecule has 0 fully saturated rings. The highest BCUT2D eigenvalue weighted by atomic mass is 32.1. The van der Waals surface area contributed by atoms with Crippen LogP contribution < -0.4 is 15.4 Å². The quantitative estimate of drug-likeness (QED) is 0.675. The van der Waals surface area contributed by atoms with Crippen molar-refractivity contribution in [3.05, 3.63) is 45.9 Å². The van der Waals surface area contributed by atoms with Crippen LogP contribution in [0.1, 0.15) is 10.7 Å². The third kappa shape index (κ3) is 4.48. The van der Waals surface area contributed by atoms with Crippen LogP contribution in [-0.4, -0.2) is 16.1 Å². The smallest absolute Gasteiger partial charge is 0.388 e. The molecule has 25 heavy (non-hydrogen) atoms. The summed E-state index contributed by atoms with van der Waals surface area (Å²) >= 11 is 2.45. The maximum absolute atomic E-state index is 13.3. The van der Waals surface area contributed by atoms with Crippen LogP contribution >= 0.6 is 22.7 Å². The Labute approximate surface area is 149 Å². The molecule has 3 aromatic rings. The maximum Gasteiger partial charge on any atom is 0.420 e. The van der Waals surface area contributed by atoms with E-state index in [0.29, 0.717) is 15.1 Å². The molecule has 0 atom stereocenters. The molecule has 130 valence electrons. The Balaban J connectivity index is 1.75. The lowest BCUT2D eigenvalue weighted by Crippen LogP contribution is -2.17. The highest BCUT2D eigenvalue weighted by molar-refractivity contribution is 7.16. The van der Waals surface area contributed by atoms with Gasteiger partial charge in [0.1, 0.15) is 11.6 Å². The first-order valence-corrected chi connectivity index (χ1v) is 8.70. The second-order valence-electron chi connectivity index (χ2n) is 4.96. The summed E-state index contributed by atoms with van der Waals surface area (Å²) in [6.07, 6.45) is -0.756. The van der Waals surface area contributed by atoms with E-state index in [-0.39, 0.29) is 11.6 Å². The van der Waals surface area contributed by atoms with Crippen molar-refractivity contribution in [1.29, 1.82) is 0 Å². The maximum atomic E-state index is 13.3. The fraction of sp³-hybridized carbons (Fsp3) is 0.133. The van der Waals surface area contributed by atoms with Gasteiger partial charge in [0.2, 0.25) is 0 Å². The van der Waals surface area contributed by atoms with Crippen LogP contribution in [0.4, 0.5) is 29.4 Å². The van der Waals surface area contributed by atoms with Crippen LogP contribution in [0.5, 0.6) is 5.88 Å². The third-order valence-corrected chi connectivity index (χ3v) is 4.58. The number of nitrogens with zero attached hydrogens (tertiary/aromatic N) is 2. The first kappa shape index (κ1) is 17.2. The third-order valence-electron chi connectivity index (χ3n) is 2.84. The number of halogens is 2. The molecule has 0 aliphatic carbocycles. The zero-order chi connectivity index (χ0) is 18.0. The molecule has 10 heteroatoms. The molecule has 1 amide bonds.